The SMILES string of the molecule is CC(C)(C)C(=O)Nc1cccc(-c2ccc3[nH]nc(-c4cncc(N5CCC(N)CC5)n4)c3c2)n1. The van der Waals surface area contributed by atoms with Crippen molar-refractivity contribution in [2.45, 2.75) is 39.7 Å². The Bertz CT molecular complexity index is 1370. The summed E-state index contributed by atoms with van der Waals surface area (Å²) in [6.07, 6.45) is 5.43. The van der Waals surface area contributed by atoms with Crippen LogP contribution in [0.3, 0.4) is 0 Å². The Hall–Kier alpha value is -3.85. The van der Waals surface area contributed by atoms with Gasteiger partial charge in [0.15, 0.2) is 0 Å². The van der Waals surface area contributed by atoms with E-state index < -0.39 is 5.41 Å². The van der Waals surface area contributed by atoms with Crippen molar-refractivity contribution in [2.24, 2.45) is 11.1 Å². The van der Waals surface area contributed by atoms with Gasteiger partial charge in [-0.25, -0.2) is 9.97 Å². The second kappa shape index (κ2) is 9.07. The first-order valence-electron chi connectivity index (χ1n) is 11.9. The summed E-state index contributed by atoms with van der Waals surface area (Å²) in [7, 11) is 0. The quantitative estimate of drug-likeness (QED) is 0.412. The molecule has 35 heavy (non-hydrogen) atoms. The fraction of sp³-hybridized carbons (Fsp3) is 0.346. The summed E-state index contributed by atoms with van der Waals surface area (Å²) < 4.78 is 0. The lowest BCUT2D eigenvalue weighted by Crippen LogP contribution is -2.40. The molecule has 0 bridgehead atoms. The Morgan fingerprint density at radius 3 is 2.66 bits per heavy atom. The first-order valence-corrected chi connectivity index (χ1v) is 11.9. The van der Waals surface area contributed by atoms with Crippen LogP contribution in [0.5, 0.6) is 0 Å². The molecule has 0 aliphatic carbocycles. The molecule has 4 N–H and O–H groups in total. The zero-order valence-corrected chi connectivity index (χ0v) is 20.2. The number of H-pyrrole nitrogens is 1. The highest BCUT2D eigenvalue weighted by molar-refractivity contribution is 5.95. The van der Waals surface area contributed by atoms with Crippen molar-refractivity contribution < 1.29 is 4.79 Å². The summed E-state index contributed by atoms with van der Waals surface area (Å²) in [5.74, 6) is 1.28. The van der Waals surface area contributed by atoms with E-state index in [-0.39, 0.29) is 11.9 Å². The summed E-state index contributed by atoms with van der Waals surface area (Å²) in [5.41, 5.74) is 9.58. The van der Waals surface area contributed by atoms with Crippen LogP contribution in [-0.2, 0) is 4.79 Å². The van der Waals surface area contributed by atoms with E-state index in [9.17, 15) is 4.79 Å². The Labute approximate surface area is 204 Å². The highest BCUT2D eigenvalue weighted by atomic mass is 16.2. The average molecular weight is 471 g/mol. The number of aromatic amines is 1. The number of benzene rings is 1. The van der Waals surface area contributed by atoms with Gasteiger partial charge in [0, 0.05) is 35.5 Å². The van der Waals surface area contributed by atoms with Gasteiger partial charge in [-0.15, -0.1) is 0 Å². The predicted molar refractivity (Wildman–Crippen MR) is 138 cm³/mol. The third-order valence-corrected chi connectivity index (χ3v) is 6.26. The largest absolute Gasteiger partial charge is 0.355 e. The number of aromatic nitrogens is 5. The zero-order chi connectivity index (χ0) is 24.6. The number of anilines is 2. The minimum absolute atomic E-state index is 0.0798. The van der Waals surface area contributed by atoms with Gasteiger partial charge < -0.3 is 16.0 Å². The fourth-order valence-electron chi connectivity index (χ4n) is 4.09. The number of nitrogens with zero attached hydrogens (tertiary/aromatic N) is 5. The van der Waals surface area contributed by atoms with E-state index in [1.165, 1.54) is 0 Å². The van der Waals surface area contributed by atoms with Crippen LogP contribution in [0.15, 0.2) is 48.8 Å². The van der Waals surface area contributed by atoms with Crippen LogP contribution >= 0.6 is 0 Å². The molecule has 5 rings (SSSR count). The number of carbonyl (C=O) groups is 1. The molecular formula is C26H30N8O. The number of hydrogen-bond acceptors (Lipinski definition) is 7. The maximum absolute atomic E-state index is 12.4. The van der Waals surface area contributed by atoms with Crippen LogP contribution in [0.4, 0.5) is 11.6 Å². The molecular weight excluding hydrogens is 440 g/mol. The third kappa shape index (κ3) is 4.85. The number of hydrogen-bond donors (Lipinski definition) is 3. The van der Waals surface area contributed by atoms with Gasteiger partial charge in [0.1, 0.15) is 23.0 Å². The van der Waals surface area contributed by atoms with Crippen LogP contribution < -0.4 is 16.0 Å². The Morgan fingerprint density at radius 2 is 1.89 bits per heavy atom. The second-order valence-electron chi connectivity index (χ2n) is 10.0. The first-order chi connectivity index (χ1) is 16.8. The number of nitrogens with one attached hydrogen (secondary N) is 2. The number of nitrogens with two attached hydrogens (primary N) is 1. The van der Waals surface area contributed by atoms with Crippen molar-refractivity contribution in [1.82, 2.24) is 25.1 Å². The molecule has 180 valence electrons. The minimum atomic E-state index is -0.502. The van der Waals surface area contributed by atoms with E-state index in [2.05, 4.69) is 30.4 Å². The molecule has 3 aromatic heterocycles. The van der Waals surface area contributed by atoms with E-state index in [4.69, 9.17) is 10.7 Å². The van der Waals surface area contributed by atoms with Crippen molar-refractivity contribution in [2.75, 3.05) is 23.3 Å². The second-order valence-corrected chi connectivity index (χ2v) is 10.0. The van der Waals surface area contributed by atoms with E-state index in [1.54, 1.807) is 18.5 Å². The van der Waals surface area contributed by atoms with Gasteiger partial charge >= 0.3 is 0 Å². The summed E-state index contributed by atoms with van der Waals surface area (Å²) in [4.78, 5) is 28.6. The monoisotopic (exact) mass is 470 g/mol. The molecule has 1 aliphatic rings. The zero-order valence-electron chi connectivity index (χ0n) is 20.2. The summed E-state index contributed by atoms with van der Waals surface area (Å²) in [5, 5.41) is 11.5. The Morgan fingerprint density at radius 1 is 1.09 bits per heavy atom. The first kappa shape index (κ1) is 22.9. The third-order valence-electron chi connectivity index (χ3n) is 6.26. The van der Waals surface area contributed by atoms with Crippen LogP contribution in [0.25, 0.3) is 33.5 Å². The molecule has 0 atom stereocenters. The molecule has 0 spiro atoms. The number of carbonyl (C=O) groups excluding carboxylic acids is 1. The maximum Gasteiger partial charge on any atom is 0.230 e. The molecule has 4 aromatic rings. The fourth-order valence-corrected chi connectivity index (χ4v) is 4.09. The van der Waals surface area contributed by atoms with Crippen LogP contribution in [-0.4, -0.2) is 50.2 Å². The Kier molecular flexibility index (Phi) is 5.94. The number of amides is 1. The molecule has 1 aromatic carbocycles. The predicted octanol–water partition coefficient (Wildman–Crippen LogP) is 3.99. The summed E-state index contributed by atoms with van der Waals surface area (Å²) >= 11 is 0. The van der Waals surface area contributed by atoms with Gasteiger partial charge in [-0.3, -0.25) is 14.9 Å². The maximum atomic E-state index is 12.4. The lowest BCUT2D eigenvalue weighted by molar-refractivity contribution is -0.123. The highest BCUT2D eigenvalue weighted by Gasteiger charge is 2.22. The van der Waals surface area contributed by atoms with Gasteiger partial charge in [-0.05, 0) is 37.1 Å². The standard InChI is InChI=1S/C26H30N8O/c1-26(2,3)25(35)31-22-6-4-5-19(29-22)16-7-8-20-18(13-16)24(33-32-20)21-14-28-15-23(30-21)34-11-9-17(27)10-12-34/h4-8,13-15,17H,9-12,27H2,1-3H3,(H,32,33)(H,29,31,35). The number of pyridine rings is 1. The molecule has 0 saturated carbocycles. The number of fused-ring (bicyclic) bond motifs is 1. The van der Waals surface area contributed by atoms with Gasteiger partial charge in [-0.2, -0.15) is 5.10 Å². The van der Waals surface area contributed by atoms with Crippen LogP contribution in [0, 0.1) is 5.41 Å². The van der Waals surface area contributed by atoms with Gasteiger partial charge in [0.2, 0.25) is 5.91 Å². The van der Waals surface area contributed by atoms with Gasteiger partial charge in [0.05, 0.1) is 23.6 Å². The molecule has 1 aliphatic heterocycles. The molecule has 9 nitrogen and oxygen atoms in total. The highest BCUT2D eigenvalue weighted by Crippen LogP contribution is 2.30. The molecule has 1 amide bonds. The van der Waals surface area contributed by atoms with Crippen molar-refractivity contribution in [1.29, 1.82) is 0 Å². The molecule has 4 heterocycles. The van der Waals surface area contributed by atoms with Crippen molar-refractivity contribution in [3.8, 4) is 22.6 Å². The topological polar surface area (TPSA) is 126 Å². The molecule has 1 saturated heterocycles. The van der Waals surface area contributed by atoms with Crippen molar-refractivity contribution in [3.63, 3.8) is 0 Å². The van der Waals surface area contributed by atoms with E-state index in [0.717, 1.165) is 59.6 Å². The normalized spacial score (nSPS) is 14.9. The minimum Gasteiger partial charge on any atom is -0.355 e. The van der Waals surface area contributed by atoms with Crippen LogP contribution in [0.2, 0.25) is 0 Å². The molecule has 9 heteroatoms. The molecule has 0 unspecified atom stereocenters. The smallest absolute Gasteiger partial charge is 0.230 e. The average Bonchev–Trinajstić information content (AvgIpc) is 3.27. The van der Waals surface area contributed by atoms with Crippen molar-refractivity contribution >= 4 is 28.4 Å². The molecule has 1 fully saturated rings. The lowest BCUT2D eigenvalue weighted by Gasteiger charge is -2.30. The van der Waals surface area contributed by atoms with E-state index >= 15 is 0 Å². The van der Waals surface area contributed by atoms with Crippen molar-refractivity contribution in [3.05, 3.63) is 48.8 Å². The number of piperidine rings is 1. The Balaban J connectivity index is 1.46. The van der Waals surface area contributed by atoms with E-state index in [0.29, 0.717) is 11.5 Å². The van der Waals surface area contributed by atoms with Gasteiger partial charge in [-0.1, -0.05) is 32.9 Å². The lowest BCUT2D eigenvalue weighted by atomic mass is 9.96. The summed E-state index contributed by atoms with van der Waals surface area (Å²) in [6, 6.07) is 11.9. The number of rotatable bonds is 4. The van der Waals surface area contributed by atoms with Crippen LogP contribution in [0.1, 0.15) is 33.6 Å². The van der Waals surface area contributed by atoms with E-state index in [1.807, 2.05) is 51.1 Å². The molecule has 0 radical (unpaired) electrons. The van der Waals surface area contributed by atoms with Gasteiger partial charge in [0.25, 0.3) is 0 Å². The summed E-state index contributed by atoms with van der Waals surface area (Å²) in [6.45, 7) is 7.37.